The van der Waals surface area contributed by atoms with E-state index in [2.05, 4.69) is 5.10 Å². The summed E-state index contributed by atoms with van der Waals surface area (Å²) in [7, 11) is 0. The van der Waals surface area contributed by atoms with Gasteiger partial charge in [0.1, 0.15) is 0 Å². The summed E-state index contributed by atoms with van der Waals surface area (Å²) in [6.07, 6.45) is 2.72. The first-order valence-electron chi connectivity index (χ1n) is 6.09. The Morgan fingerprint density at radius 3 is 3.18 bits per heavy atom. The Kier molecular flexibility index (Phi) is 3.78. The molecule has 1 aliphatic heterocycles. The van der Waals surface area contributed by atoms with Crippen molar-refractivity contribution in [3.05, 3.63) is 17.5 Å². The minimum absolute atomic E-state index is 0.232. The first-order valence-corrected chi connectivity index (χ1v) is 6.09. The van der Waals surface area contributed by atoms with Gasteiger partial charge in [-0.25, -0.2) is 4.79 Å². The number of aromatic nitrogens is 2. The third-order valence-electron chi connectivity index (χ3n) is 3.16. The van der Waals surface area contributed by atoms with Crippen LogP contribution in [-0.4, -0.2) is 34.1 Å². The first-order chi connectivity index (χ1) is 8.24. The number of fused-ring (bicyclic) bond motifs is 1. The fourth-order valence-electron chi connectivity index (χ4n) is 2.14. The zero-order chi connectivity index (χ0) is 12.3. The largest absolute Gasteiger partial charge is 0.461 e. The highest BCUT2D eigenvalue weighted by Crippen LogP contribution is 2.20. The third kappa shape index (κ3) is 2.66. The van der Waals surface area contributed by atoms with Gasteiger partial charge in [-0.15, -0.1) is 0 Å². The van der Waals surface area contributed by atoms with E-state index >= 15 is 0 Å². The molecule has 94 valence electrons. The Balaban J connectivity index is 2.11. The molecule has 1 N–H and O–H groups in total. The summed E-state index contributed by atoms with van der Waals surface area (Å²) >= 11 is 0. The average Bonchev–Trinajstić information content (AvgIpc) is 2.64. The number of hydrogen-bond donors (Lipinski definition) is 1. The standard InChI is InChI=1S/C12H18N2O3/c1-2-17-12(16)11-7-10-4-3-9(8-15)5-6-14(10)13-11/h7,9,15H,2-6,8H2,1H3. The molecule has 1 aromatic heterocycles. The van der Waals surface area contributed by atoms with Crippen LogP contribution in [0.4, 0.5) is 0 Å². The summed E-state index contributed by atoms with van der Waals surface area (Å²) in [5, 5.41) is 13.4. The van der Waals surface area contributed by atoms with E-state index in [-0.39, 0.29) is 12.6 Å². The van der Waals surface area contributed by atoms with Crippen molar-refractivity contribution in [2.45, 2.75) is 32.7 Å². The summed E-state index contributed by atoms with van der Waals surface area (Å²) in [5.74, 6) is -0.00507. The van der Waals surface area contributed by atoms with Gasteiger partial charge in [-0.1, -0.05) is 0 Å². The molecule has 5 nitrogen and oxygen atoms in total. The van der Waals surface area contributed by atoms with E-state index in [0.717, 1.165) is 31.5 Å². The van der Waals surface area contributed by atoms with Gasteiger partial charge in [-0.3, -0.25) is 4.68 Å². The fourth-order valence-corrected chi connectivity index (χ4v) is 2.14. The van der Waals surface area contributed by atoms with E-state index in [9.17, 15) is 4.79 Å². The molecule has 0 amide bonds. The predicted molar refractivity (Wildman–Crippen MR) is 61.7 cm³/mol. The van der Waals surface area contributed by atoms with E-state index in [1.165, 1.54) is 0 Å². The van der Waals surface area contributed by atoms with Crippen LogP contribution in [0.2, 0.25) is 0 Å². The quantitative estimate of drug-likeness (QED) is 0.798. The second-order valence-electron chi connectivity index (χ2n) is 4.34. The van der Waals surface area contributed by atoms with Gasteiger partial charge in [0.2, 0.25) is 0 Å². The molecular weight excluding hydrogens is 220 g/mol. The monoisotopic (exact) mass is 238 g/mol. The highest BCUT2D eigenvalue weighted by atomic mass is 16.5. The molecule has 0 fully saturated rings. The maximum atomic E-state index is 11.5. The van der Waals surface area contributed by atoms with Gasteiger partial charge in [0, 0.05) is 18.8 Å². The minimum atomic E-state index is -0.355. The molecule has 2 rings (SSSR count). The summed E-state index contributed by atoms with van der Waals surface area (Å²) in [5.41, 5.74) is 1.45. The van der Waals surface area contributed by atoms with Crippen molar-refractivity contribution in [1.82, 2.24) is 9.78 Å². The van der Waals surface area contributed by atoms with Crippen molar-refractivity contribution in [2.24, 2.45) is 5.92 Å². The summed E-state index contributed by atoms with van der Waals surface area (Å²) in [6.45, 7) is 3.15. The molecule has 1 aromatic rings. The highest BCUT2D eigenvalue weighted by molar-refractivity contribution is 5.87. The van der Waals surface area contributed by atoms with Gasteiger partial charge >= 0.3 is 5.97 Å². The molecule has 1 atom stereocenters. The van der Waals surface area contributed by atoms with Gasteiger partial charge in [-0.2, -0.15) is 5.10 Å². The Morgan fingerprint density at radius 2 is 2.47 bits per heavy atom. The average molecular weight is 238 g/mol. The molecule has 2 heterocycles. The van der Waals surface area contributed by atoms with E-state index in [1.54, 1.807) is 13.0 Å². The molecule has 1 unspecified atom stereocenters. The number of carbonyl (C=O) groups excluding carboxylic acids is 1. The molecule has 0 aromatic carbocycles. The van der Waals surface area contributed by atoms with Gasteiger partial charge in [0.25, 0.3) is 0 Å². The number of ether oxygens (including phenoxy) is 1. The number of rotatable bonds is 3. The number of hydrogen-bond acceptors (Lipinski definition) is 4. The zero-order valence-corrected chi connectivity index (χ0v) is 10.1. The molecule has 1 aliphatic rings. The smallest absolute Gasteiger partial charge is 0.358 e. The van der Waals surface area contributed by atoms with E-state index in [1.807, 2.05) is 4.68 Å². The number of aliphatic hydroxyl groups excluding tert-OH is 1. The van der Waals surface area contributed by atoms with Crippen LogP contribution < -0.4 is 0 Å². The van der Waals surface area contributed by atoms with Crippen molar-refractivity contribution in [3.8, 4) is 0 Å². The topological polar surface area (TPSA) is 64.4 Å². The highest BCUT2D eigenvalue weighted by Gasteiger charge is 2.20. The molecule has 0 spiro atoms. The van der Waals surface area contributed by atoms with E-state index < -0.39 is 0 Å². The second kappa shape index (κ2) is 5.31. The van der Waals surface area contributed by atoms with Crippen LogP contribution in [0.5, 0.6) is 0 Å². The van der Waals surface area contributed by atoms with Gasteiger partial charge in [-0.05, 0) is 38.2 Å². The molecule has 0 bridgehead atoms. The fraction of sp³-hybridized carbons (Fsp3) is 0.667. The van der Waals surface area contributed by atoms with Gasteiger partial charge in [0.15, 0.2) is 5.69 Å². The normalized spacial score (nSPS) is 19.5. The Hall–Kier alpha value is -1.36. The van der Waals surface area contributed by atoms with Gasteiger partial charge in [0.05, 0.1) is 6.61 Å². The molecule has 5 heteroatoms. The Bertz CT molecular complexity index is 375. The lowest BCUT2D eigenvalue weighted by atomic mass is 10.0. The van der Waals surface area contributed by atoms with Crippen molar-refractivity contribution in [3.63, 3.8) is 0 Å². The number of aryl methyl sites for hydroxylation is 2. The second-order valence-corrected chi connectivity index (χ2v) is 4.34. The molecule has 0 saturated heterocycles. The van der Waals surface area contributed by atoms with Crippen molar-refractivity contribution in [2.75, 3.05) is 13.2 Å². The molecule has 0 saturated carbocycles. The van der Waals surface area contributed by atoms with E-state index in [0.29, 0.717) is 18.2 Å². The number of aliphatic hydroxyl groups is 1. The van der Waals surface area contributed by atoms with Crippen LogP contribution in [0, 0.1) is 5.92 Å². The summed E-state index contributed by atoms with van der Waals surface area (Å²) < 4.78 is 6.79. The van der Waals surface area contributed by atoms with Crippen LogP contribution in [0.3, 0.4) is 0 Å². The molecular formula is C12H18N2O3. The van der Waals surface area contributed by atoms with Gasteiger partial charge < -0.3 is 9.84 Å². The Labute approximate surface area is 100 Å². The lowest BCUT2D eigenvalue weighted by Gasteiger charge is -2.08. The van der Waals surface area contributed by atoms with Crippen LogP contribution in [0.25, 0.3) is 0 Å². The predicted octanol–water partition coefficient (Wildman–Crippen LogP) is 1.00. The van der Waals surface area contributed by atoms with E-state index in [4.69, 9.17) is 9.84 Å². The third-order valence-corrected chi connectivity index (χ3v) is 3.16. The summed E-state index contributed by atoms with van der Waals surface area (Å²) in [4.78, 5) is 11.5. The minimum Gasteiger partial charge on any atom is -0.461 e. The number of carbonyl (C=O) groups is 1. The zero-order valence-electron chi connectivity index (χ0n) is 10.1. The lowest BCUT2D eigenvalue weighted by molar-refractivity contribution is 0.0518. The first kappa shape index (κ1) is 12.1. The number of nitrogens with zero attached hydrogens (tertiary/aromatic N) is 2. The van der Waals surface area contributed by atoms with Crippen LogP contribution >= 0.6 is 0 Å². The summed E-state index contributed by atoms with van der Waals surface area (Å²) in [6, 6.07) is 1.80. The Morgan fingerprint density at radius 1 is 1.65 bits per heavy atom. The van der Waals surface area contributed by atoms with Crippen LogP contribution in [0.15, 0.2) is 6.07 Å². The SMILES string of the molecule is CCOC(=O)c1cc2n(n1)CCC(CO)CC2. The van der Waals surface area contributed by atoms with Crippen molar-refractivity contribution >= 4 is 5.97 Å². The number of esters is 1. The van der Waals surface area contributed by atoms with Crippen LogP contribution in [-0.2, 0) is 17.7 Å². The maximum Gasteiger partial charge on any atom is 0.358 e. The molecule has 0 aliphatic carbocycles. The van der Waals surface area contributed by atoms with Crippen molar-refractivity contribution < 1.29 is 14.6 Å². The van der Waals surface area contributed by atoms with Crippen LogP contribution in [0.1, 0.15) is 35.9 Å². The molecule has 0 radical (unpaired) electrons. The maximum absolute atomic E-state index is 11.5. The molecule has 17 heavy (non-hydrogen) atoms. The van der Waals surface area contributed by atoms with Crippen molar-refractivity contribution in [1.29, 1.82) is 0 Å². The lowest BCUT2D eigenvalue weighted by Crippen LogP contribution is -2.10.